The number of halogens is 3. The minimum atomic E-state index is -4.59. The molecule has 1 amide bonds. The van der Waals surface area contributed by atoms with Gasteiger partial charge < -0.3 is 0 Å². The highest BCUT2D eigenvalue weighted by molar-refractivity contribution is 7.90. The van der Waals surface area contributed by atoms with Crippen LogP contribution in [-0.4, -0.2) is 26.3 Å². The first-order chi connectivity index (χ1) is 12.6. The Labute approximate surface area is 159 Å². The Kier molecular flexibility index (Phi) is 9.83. The van der Waals surface area contributed by atoms with E-state index in [1.807, 2.05) is 0 Å². The maximum Gasteiger partial charge on any atom is 0.390 e. The van der Waals surface area contributed by atoms with Crippen LogP contribution in [-0.2, 0) is 16.4 Å². The van der Waals surface area contributed by atoms with Crippen LogP contribution in [0.5, 0.6) is 0 Å². The third-order valence-electron chi connectivity index (χ3n) is 4.21. The molecule has 0 aliphatic carbocycles. The van der Waals surface area contributed by atoms with Crippen LogP contribution >= 0.6 is 0 Å². The number of unbranched alkanes of at least 4 members (excludes halogenated alkanes) is 6. The molecule has 1 rings (SSSR count). The molecule has 0 unspecified atom stereocenters. The van der Waals surface area contributed by atoms with E-state index in [1.54, 1.807) is 22.9 Å². The first-order valence-electron chi connectivity index (χ1n) is 9.34. The highest BCUT2D eigenvalue weighted by Crippen LogP contribution is 2.20. The van der Waals surface area contributed by atoms with Crippen LogP contribution in [0.3, 0.4) is 0 Å². The van der Waals surface area contributed by atoms with Gasteiger partial charge in [-0.25, -0.2) is 13.1 Å². The predicted molar refractivity (Wildman–Crippen MR) is 100 cm³/mol. The van der Waals surface area contributed by atoms with Gasteiger partial charge in [0.15, 0.2) is 0 Å². The molecule has 0 atom stereocenters. The van der Waals surface area contributed by atoms with Crippen molar-refractivity contribution >= 4 is 15.9 Å². The summed E-state index contributed by atoms with van der Waals surface area (Å²) in [6, 6.07) is 6.59. The summed E-state index contributed by atoms with van der Waals surface area (Å²) in [5, 5.41) is 0. The van der Waals surface area contributed by atoms with Gasteiger partial charge in [-0.05, 0) is 24.5 Å². The van der Waals surface area contributed by atoms with Gasteiger partial charge in [0.25, 0.3) is 5.91 Å². The predicted octanol–water partition coefficient (Wildman–Crippen LogP) is 4.99. The van der Waals surface area contributed by atoms with Gasteiger partial charge >= 0.3 is 6.18 Å². The maximum atomic E-state index is 12.2. The molecular weight excluding hydrogens is 379 g/mol. The number of carbonyl (C=O) groups excluding carboxylic acids is 1. The summed E-state index contributed by atoms with van der Waals surface area (Å²) in [5.41, 5.74) is 0.897. The van der Waals surface area contributed by atoms with E-state index in [9.17, 15) is 26.4 Å². The van der Waals surface area contributed by atoms with E-state index in [0.717, 1.165) is 19.3 Å². The van der Waals surface area contributed by atoms with Crippen LogP contribution in [0.25, 0.3) is 0 Å². The lowest BCUT2D eigenvalue weighted by atomic mass is 10.00. The zero-order valence-corrected chi connectivity index (χ0v) is 16.5. The SMILES string of the molecule is CCCCCCCCCc1ccccc1C(=O)NS(=O)(=O)CCC(F)(F)F. The van der Waals surface area contributed by atoms with E-state index in [1.165, 1.54) is 31.7 Å². The number of benzene rings is 1. The Morgan fingerprint density at radius 1 is 1.00 bits per heavy atom. The summed E-state index contributed by atoms with van der Waals surface area (Å²) in [6.45, 7) is 2.16. The Balaban J connectivity index is 2.58. The van der Waals surface area contributed by atoms with Crippen molar-refractivity contribution in [3.63, 3.8) is 0 Å². The first-order valence-corrected chi connectivity index (χ1v) is 11.0. The second-order valence-electron chi connectivity index (χ2n) is 6.64. The lowest BCUT2D eigenvalue weighted by Gasteiger charge is -2.11. The highest BCUT2D eigenvalue weighted by Gasteiger charge is 2.30. The van der Waals surface area contributed by atoms with Gasteiger partial charge in [0.05, 0.1) is 12.2 Å². The standard InChI is InChI=1S/C19H28F3NO3S/c1-2-3-4-5-6-7-8-11-16-12-9-10-13-17(16)18(24)23-27(25,26)15-14-19(20,21)22/h9-10,12-13H,2-8,11,14-15H2,1H3,(H,23,24). The molecule has 27 heavy (non-hydrogen) atoms. The third-order valence-corrected chi connectivity index (χ3v) is 5.45. The van der Waals surface area contributed by atoms with Gasteiger partial charge in [-0.3, -0.25) is 4.79 Å². The fourth-order valence-corrected chi connectivity index (χ4v) is 3.72. The smallest absolute Gasteiger partial charge is 0.268 e. The first kappa shape index (κ1) is 23.5. The Morgan fingerprint density at radius 3 is 2.22 bits per heavy atom. The fourth-order valence-electron chi connectivity index (χ4n) is 2.73. The molecule has 0 spiro atoms. The normalized spacial score (nSPS) is 12.1. The lowest BCUT2D eigenvalue weighted by Crippen LogP contribution is -2.34. The van der Waals surface area contributed by atoms with E-state index >= 15 is 0 Å². The van der Waals surface area contributed by atoms with Gasteiger partial charge in [-0.1, -0.05) is 63.6 Å². The summed E-state index contributed by atoms with van der Waals surface area (Å²) >= 11 is 0. The minimum absolute atomic E-state index is 0.194. The maximum absolute atomic E-state index is 12.2. The molecule has 0 heterocycles. The average Bonchev–Trinajstić information content (AvgIpc) is 2.59. The molecule has 0 radical (unpaired) electrons. The van der Waals surface area contributed by atoms with Gasteiger partial charge in [0.2, 0.25) is 10.0 Å². The van der Waals surface area contributed by atoms with Crippen LogP contribution in [0.15, 0.2) is 24.3 Å². The van der Waals surface area contributed by atoms with Crippen LogP contribution in [0.1, 0.15) is 74.2 Å². The second-order valence-corrected chi connectivity index (χ2v) is 8.49. The molecule has 0 aromatic heterocycles. The number of hydrogen-bond donors (Lipinski definition) is 1. The molecule has 8 heteroatoms. The van der Waals surface area contributed by atoms with Crippen molar-refractivity contribution in [3.05, 3.63) is 35.4 Å². The summed E-state index contributed by atoms with van der Waals surface area (Å²) in [5.74, 6) is -2.04. The van der Waals surface area contributed by atoms with E-state index in [-0.39, 0.29) is 5.56 Å². The molecule has 0 fully saturated rings. The number of nitrogens with one attached hydrogen (secondary N) is 1. The molecule has 0 bridgehead atoms. The van der Waals surface area contributed by atoms with Crippen LogP contribution < -0.4 is 4.72 Å². The molecule has 0 aliphatic heterocycles. The Morgan fingerprint density at radius 2 is 1.59 bits per heavy atom. The van der Waals surface area contributed by atoms with E-state index in [2.05, 4.69) is 6.92 Å². The molecule has 4 nitrogen and oxygen atoms in total. The highest BCUT2D eigenvalue weighted by atomic mass is 32.2. The molecular formula is C19H28F3NO3S. The Hall–Kier alpha value is -1.57. The number of sulfonamides is 1. The van der Waals surface area contributed by atoms with E-state index in [0.29, 0.717) is 12.0 Å². The van der Waals surface area contributed by atoms with Gasteiger partial charge in [-0.15, -0.1) is 0 Å². The molecule has 1 aromatic carbocycles. The summed E-state index contributed by atoms with van der Waals surface area (Å²) in [4.78, 5) is 12.2. The monoisotopic (exact) mass is 407 g/mol. The molecule has 0 saturated carbocycles. The molecule has 154 valence electrons. The molecule has 0 aliphatic rings. The largest absolute Gasteiger partial charge is 0.390 e. The van der Waals surface area contributed by atoms with Crippen molar-refractivity contribution in [1.82, 2.24) is 4.72 Å². The van der Waals surface area contributed by atoms with E-state index < -0.39 is 34.3 Å². The topological polar surface area (TPSA) is 63.2 Å². The molecule has 1 N–H and O–H groups in total. The molecule has 1 aromatic rings. The summed E-state index contributed by atoms with van der Waals surface area (Å²) < 4.78 is 61.8. The number of alkyl halides is 3. The quantitative estimate of drug-likeness (QED) is 0.497. The zero-order valence-electron chi connectivity index (χ0n) is 15.6. The fraction of sp³-hybridized carbons (Fsp3) is 0.632. The van der Waals surface area contributed by atoms with Gasteiger partial charge in [0.1, 0.15) is 0 Å². The summed E-state index contributed by atoms with van der Waals surface area (Å²) in [6.07, 6.45) is 2.35. The van der Waals surface area contributed by atoms with Crippen molar-refractivity contribution in [3.8, 4) is 0 Å². The number of hydrogen-bond acceptors (Lipinski definition) is 3. The van der Waals surface area contributed by atoms with Crippen LogP contribution in [0.2, 0.25) is 0 Å². The van der Waals surface area contributed by atoms with Gasteiger partial charge in [0, 0.05) is 5.56 Å². The van der Waals surface area contributed by atoms with Crippen molar-refractivity contribution in [1.29, 1.82) is 0 Å². The lowest BCUT2D eigenvalue weighted by molar-refractivity contribution is -0.130. The van der Waals surface area contributed by atoms with Crippen molar-refractivity contribution in [2.45, 2.75) is 70.9 Å². The van der Waals surface area contributed by atoms with Crippen LogP contribution in [0.4, 0.5) is 13.2 Å². The van der Waals surface area contributed by atoms with Crippen LogP contribution in [0, 0.1) is 0 Å². The second kappa shape index (κ2) is 11.3. The average molecular weight is 407 g/mol. The third kappa shape index (κ3) is 10.4. The number of carbonyl (C=O) groups is 1. The number of amides is 1. The minimum Gasteiger partial charge on any atom is -0.268 e. The van der Waals surface area contributed by atoms with E-state index in [4.69, 9.17) is 0 Å². The van der Waals surface area contributed by atoms with Crippen molar-refractivity contribution in [2.75, 3.05) is 5.75 Å². The van der Waals surface area contributed by atoms with Crippen molar-refractivity contribution in [2.24, 2.45) is 0 Å². The number of rotatable bonds is 12. The summed E-state index contributed by atoms with van der Waals surface area (Å²) in [7, 11) is -4.34. The number of aryl methyl sites for hydroxylation is 1. The zero-order chi connectivity index (χ0) is 20.3. The Bertz CT molecular complexity index is 688. The van der Waals surface area contributed by atoms with Crippen molar-refractivity contribution < 1.29 is 26.4 Å². The van der Waals surface area contributed by atoms with Gasteiger partial charge in [-0.2, -0.15) is 13.2 Å². The molecule has 0 saturated heterocycles.